The normalized spacial score (nSPS) is 10.3. The van der Waals surface area contributed by atoms with Gasteiger partial charge in [0, 0.05) is 13.1 Å². The molecule has 0 aliphatic carbocycles. The molecule has 0 atom stereocenters. The average Bonchev–Trinajstić information content (AvgIpc) is 2.38. The van der Waals surface area contributed by atoms with Gasteiger partial charge in [-0.25, -0.2) is 0 Å². The van der Waals surface area contributed by atoms with E-state index in [0.29, 0.717) is 26.1 Å². The van der Waals surface area contributed by atoms with Crippen molar-refractivity contribution in [3.8, 4) is 5.75 Å². The van der Waals surface area contributed by atoms with Crippen molar-refractivity contribution in [2.24, 2.45) is 0 Å². The second kappa shape index (κ2) is 8.55. The van der Waals surface area contributed by atoms with Crippen LogP contribution in [0.4, 0.5) is 0 Å². The number of benzene rings is 1. The molecule has 0 aromatic heterocycles. The Morgan fingerprint density at radius 3 is 2.47 bits per heavy atom. The van der Waals surface area contributed by atoms with Crippen LogP contribution in [0.1, 0.15) is 18.9 Å². The number of carbonyl (C=O) groups is 1. The predicted octanol–water partition coefficient (Wildman–Crippen LogP) is 3.26. The largest absolute Gasteiger partial charge is 0.492 e. The van der Waals surface area contributed by atoms with E-state index in [1.807, 2.05) is 19.1 Å². The second-order valence-electron chi connectivity index (χ2n) is 3.82. The van der Waals surface area contributed by atoms with Crippen LogP contribution < -0.4 is 10.1 Å². The van der Waals surface area contributed by atoms with Gasteiger partial charge in [-0.3, -0.25) is 4.79 Å². The number of rotatable bonds is 7. The van der Waals surface area contributed by atoms with Crippen molar-refractivity contribution in [1.29, 1.82) is 0 Å². The van der Waals surface area contributed by atoms with E-state index in [9.17, 15) is 4.79 Å². The van der Waals surface area contributed by atoms with Gasteiger partial charge in [-0.1, -0.05) is 0 Å². The number of hydrogen-bond donors (Lipinski definition) is 1. The van der Waals surface area contributed by atoms with Crippen LogP contribution in [0.3, 0.4) is 0 Å². The minimum atomic E-state index is -0.207. The van der Waals surface area contributed by atoms with E-state index < -0.39 is 0 Å². The number of hydrogen-bond acceptors (Lipinski definition) is 4. The minimum Gasteiger partial charge on any atom is -0.492 e. The van der Waals surface area contributed by atoms with Crippen molar-refractivity contribution in [2.45, 2.75) is 19.9 Å². The molecule has 0 spiro atoms. The third-order valence-corrected chi connectivity index (χ3v) is 3.59. The van der Waals surface area contributed by atoms with E-state index in [0.717, 1.165) is 20.3 Å². The van der Waals surface area contributed by atoms with Crippen LogP contribution in [0, 0.1) is 0 Å². The molecular formula is C13H17Br2NO3. The van der Waals surface area contributed by atoms with Crippen molar-refractivity contribution in [3.05, 3.63) is 26.6 Å². The highest BCUT2D eigenvalue weighted by atomic mass is 79.9. The molecule has 19 heavy (non-hydrogen) atoms. The molecule has 106 valence electrons. The van der Waals surface area contributed by atoms with E-state index in [4.69, 9.17) is 4.74 Å². The van der Waals surface area contributed by atoms with Crippen molar-refractivity contribution in [1.82, 2.24) is 5.32 Å². The lowest BCUT2D eigenvalue weighted by molar-refractivity contribution is -0.140. The predicted molar refractivity (Wildman–Crippen MR) is 81.4 cm³/mol. The summed E-state index contributed by atoms with van der Waals surface area (Å²) in [6.45, 7) is 3.84. The number of nitrogens with one attached hydrogen (secondary N) is 1. The highest BCUT2D eigenvalue weighted by Gasteiger charge is 2.08. The van der Waals surface area contributed by atoms with Crippen LogP contribution in [0.25, 0.3) is 0 Å². The highest BCUT2D eigenvalue weighted by Crippen LogP contribution is 2.34. The first kappa shape index (κ1) is 16.5. The molecule has 1 N–H and O–H groups in total. The zero-order valence-corrected chi connectivity index (χ0v) is 14.1. The van der Waals surface area contributed by atoms with Crippen molar-refractivity contribution in [2.75, 3.05) is 20.3 Å². The standard InChI is InChI=1S/C13H17Br2NO3/c1-3-19-13-10(14)6-9(7-11(13)15)8-16-5-4-12(17)18-2/h6-7,16H,3-5,8H2,1-2H3. The summed E-state index contributed by atoms with van der Waals surface area (Å²) < 4.78 is 11.9. The molecule has 0 aliphatic heterocycles. The molecule has 6 heteroatoms. The third kappa shape index (κ3) is 5.50. The molecule has 0 bridgehead atoms. The lowest BCUT2D eigenvalue weighted by Gasteiger charge is -2.11. The van der Waals surface area contributed by atoms with E-state index in [-0.39, 0.29) is 5.97 Å². The van der Waals surface area contributed by atoms with Gasteiger partial charge in [-0.15, -0.1) is 0 Å². The van der Waals surface area contributed by atoms with Crippen molar-refractivity contribution >= 4 is 37.8 Å². The van der Waals surface area contributed by atoms with E-state index in [1.165, 1.54) is 7.11 Å². The Labute approximate surface area is 130 Å². The first-order valence-corrected chi connectivity index (χ1v) is 7.55. The Hall–Kier alpha value is -0.590. The molecule has 0 aliphatic rings. The summed E-state index contributed by atoms with van der Waals surface area (Å²) in [7, 11) is 1.39. The zero-order valence-electron chi connectivity index (χ0n) is 11.0. The third-order valence-electron chi connectivity index (χ3n) is 2.41. The number of carbonyl (C=O) groups excluding carboxylic acids is 1. The van der Waals surface area contributed by atoms with E-state index in [1.54, 1.807) is 0 Å². The smallest absolute Gasteiger partial charge is 0.306 e. The van der Waals surface area contributed by atoms with Crippen LogP contribution in [0.5, 0.6) is 5.75 Å². The number of methoxy groups -OCH3 is 1. The van der Waals surface area contributed by atoms with E-state index >= 15 is 0 Å². The lowest BCUT2D eigenvalue weighted by Crippen LogP contribution is -2.18. The quantitative estimate of drug-likeness (QED) is 0.569. The fourth-order valence-corrected chi connectivity index (χ4v) is 3.03. The molecule has 0 saturated carbocycles. The Kier molecular flexibility index (Phi) is 7.41. The highest BCUT2D eigenvalue weighted by molar-refractivity contribution is 9.11. The summed E-state index contributed by atoms with van der Waals surface area (Å²) >= 11 is 6.97. The van der Waals surface area contributed by atoms with Crippen LogP contribution in [0.15, 0.2) is 21.1 Å². The number of esters is 1. The van der Waals surface area contributed by atoms with Gasteiger partial charge in [0.25, 0.3) is 0 Å². The Balaban J connectivity index is 2.53. The molecule has 1 rings (SSSR count). The number of halogens is 2. The lowest BCUT2D eigenvalue weighted by atomic mass is 10.2. The second-order valence-corrected chi connectivity index (χ2v) is 5.53. The molecule has 1 aromatic carbocycles. The molecule has 4 nitrogen and oxygen atoms in total. The monoisotopic (exact) mass is 393 g/mol. The topological polar surface area (TPSA) is 47.6 Å². The minimum absolute atomic E-state index is 0.207. The fraction of sp³-hybridized carbons (Fsp3) is 0.462. The van der Waals surface area contributed by atoms with Gasteiger partial charge < -0.3 is 14.8 Å². The van der Waals surface area contributed by atoms with E-state index in [2.05, 4.69) is 41.9 Å². The molecule has 0 amide bonds. The van der Waals surface area contributed by atoms with Gasteiger partial charge in [-0.05, 0) is 56.5 Å². The van der Waals surface area contributed by atoms with Crippen molar-refractivity contribution < 1.29 is 14.3 Å². The summed E-state index contributed by atoms with van der Waals surface area (Å²) in [6.07, 6.45) is 0.371. The molecule has 0 heterocycles. The summed E-state index contributed by atoms with van der Waals surface area (Å²) in [6, 6.07) is 4.00. The van der Waals surface area contributed by atoms with Gasteiger partial charge in [0.05, 0.1) is 29.1 Å². The maximum Gasteiger partial charge on any atom is 0.306 e. The van der Waals surface area contributed by atoms with Gasteiger partial charge >= 0.3 is 5.97 Å². The Morgan fingerprint density at radius 1 is 1.32 bits per heavy atom. The van der Waals surface area contributed by atoms with Gasteiger partial charge in [0.15, 0.2) is 0 Å². The SMILES string of the molecule is CCOc1c(Br)cc(CNCCC(=O)OC)cc1Br. The van der Waals surface area contributed by atoms with Crippen LogP contribution in [0.2, 0.25) is 0 Å². The van der Waals surface area contributed by atoms with Gasteiger partial charge in [0.1, 0.15) is 5.75 Å². The fourth-order valence-electron chi connectivity index (χ4n) is 1.52. The molecule has 0 fully saturated rings. The molecule has 0 unspecified atom stereocenters. The Morgan fingerprint density at radius 2 is 1.95 bits per heavy atom. The van der Waals surface area contributed by atoms with Crippen molar-refractivity contribution in [3.63, 3.8) is 0 Å². The number of ether oxygens (including phenoxy) is 2. The van der Waals surface area contributed by atoms with Crippen LogP contribution in [-0.2, 0) is 16.1 Å². The van der Waals surface area contributed by atoms with Gasteiger partial charge in [0.2, 0.25) is 0 Å². The first-order chi connectivity index (χ1) is 9.08. The average molecular weight is 395 g/mol. The van der Waals surface area contributed by atoms with Crippen LogP contribution >= 0.6 is 31.9 Å². The molecule has 1 aromatic rings. The maximum absolute atomic E-state index is 11.0. The maximum atomic E-state index is 11.0. The zero-order chi connectivity index (χ0) is 14.3. The summed E-state index contributed by atoms with van der Waals surface area (Å²) in [5, 5.41) is 3.19. The molecule has 0 radical (unpaired) electrons. The summed E-state index contributed by atoms with van der Waals surface area (Å²) in [4.78, 5) is 11.0. The summed E-state index contributed by atoms with van der Waals surface area (Å²) in [5.74, 6) is 0.599. The van der Waals surface area contributed by atoms with Gasteiger partial charge in [-0.2, -0.15) is 0 Å². The first-order valence-electron chi connectivity index (χ1n) is 5.96. The summed E-state index contributed by atoms with van der Waals surface area (Å²) in [5.41, 5.74) is 1.10. The Bertz CT molecular complexity index is 415. The van der Waals surface area contributed by atoms with Crippen LogP contribution in [-0.4, -0.2) is 26.2 Å². The molecule has 0 saturated heterocycles. The molecular weight excluding hydrogens is 378 g/mol.